The Bertz CT molecular complexity index is 433. The van der Waals surface area contributed by atoms with Crippen molar-refractivity contribution >= 4 is 33.3 Å². The van der Waals surface area contributed by atoms with Crippen LogP contribution < -0.4 is 0 Å². The Morgan fingerprint density at radius 1 is 1.06 bits per heavy atom. The molecule has 0 spiro atoms. The summed E-state index contributed by atoms with van der Waals surface area (Å²) in [6.07, 6.45) is 0.791. The van der Waals surface area contributed by atoms with E-state index in [2.05, 4.69) is 0 Å². The Labute approximate surface area is 105 Å². The fourth-order valence-electron chi connectivity index (χ4n) is 1.57. The number of benzene rings is 1. The molecule has 0 amide bonds. The van der Waals surface area contributed by atoms with Crippen LogP contribution in [0.15, 0.2) is 23.1 Å². The minimum Gasteiger partial charge on any atom is -0.282 e. The lowest BCUT2D eigenvalue weighted by atomic mass is 10.1. The third-order valence-corrected chi connectivity index (χ3v) is 3.58. The zero-order chi connectivity index (χ0) is 12.2. The lowest BCUT2D eigenvalue weighted by Crippen LogP contribution is -2.08. The van der Waals surface area contributed by atoms with Gasteiger partial charge in [0, 0.05) is 11.8 Å². The van der Waals surface area contributed by atoms with Crippen molar-refractivity contribution in [2.45, 2.75) is 17.7 Å². The highest BCUT2D eigenvalue weighted by Gasteiger charge is 2.19. The quantitative estimate of drug-likeness (QED) is 0.667. The number of alkyl halides is 2. The Morgan fingerprint density at radius 2 is 1.50 bits per heavy atom. The molecule has 6 heteroatoms. The summed E-state index contributed by atoms with van der Waals surface area (Å²) in [5, 5.41) is 0. The molecule has 90 valence electrons. The van der Waals surface area contributed by atoms with Gasteiger partial charge in [-0.25, -0.2) is 0 Å². The van der Waals surface area contributed by atoms with Crippen molar-refractivity contribution in [1.82, 2.24) is 0 Å². The maximum atomic E-state index is 11.3. The molecule has 3 nitrogen and oxygen atoms in total. The van der Waals surface area contributed by atoms with E-state index >= 15 is 0 Å². The second-order valence-electron chi connectivity index (χ2n) is 3.26. The van der Waals surface area contributed by atoms with Crippen LogP contribution >= 0.6 is 23.2 Å². The smallest absolute Gasteiger partial charge is 0.282 e. The topological polar surface area (TPSA) is 54.4 Å². The van der Waals surface area contributed by atoms with Crippen LogP contribution in [0.4, 0.5) is 0 Å². The predicted molar refractivity (Wildman–Crippen MR) is 65.1 cm³/mol. The van der Waals surface area contributed by atoms with Gasteiger partial charge in [-0.15, -0.1) is 23.2 Å². The molecule has 0 bridgehead atoms. The molecule has 0 atom stereocenters. The number of hydrogen-bond acceptors (Lipinski definition) is 2. The molecule has 0 heterocycles. The lowest BCUT2D eigenvalue weighted by Gasteiger charge is -2.10. The molecule has 0 aliphatic heterocycles. The summed E-state index contributed by atoms with van der Waals surface area (Å²) in [7, 11) is -4.23. The fraction of sp³-hybridized carbons (Fsp3) is 0.400. The Morgan fingerprint density at radius 3 is 1.81 bits per heavy atom. The summed E-state index contributed by atoms with van der Waals surface area (Å²) in [4.78, 5) is -0.0451. The van der Waals surface area contributed by atoms with Gasteiger partial charge in [-0.05, 0) is 24.0 Å². The summed E-state index contributed by atoms with van der Waals surface area (Å²) in [5.74, 6) is 0.597. The highest BCUT2D eigenvalue weighted by Crippen LogP contribution is 2.22. The van der Waals surface area contributed by atoms with E-state index in [4.69, 9.17) is 23.2 Å². The zero-order valence-corrected chi connectivity index (χ0v) is 10.8. The Balaban J connectivity index is 3.35. The molecule has 0 saturated carbocycles. The van der Waals surface area contributed by atoms with Crippen molar-refractivity contribution in [3.8, 4) is 0 Å². The monoisotopic (exact) mass is 282 g/mol. The van der Waals surface area contributed by atoms with Crippen molar-refractivity contribution < 1.29 is 13.0 Å². The standard InChI is InChI=1S/C10H12Cl2O3S/c11-6-4-8-2-1-3-9(5-7-12)10(8)16(13,14)15/h1-3H,4-7H2,(H,13,14,15). The largest absolute Gasteiger partial charge is 0.295 e. The molecule has 1 rings (SSSR count). The van der Waals surface area contributed by atoms with E-state index in [0.29, 0.717) is 35.7 Å². The van der Waals surface area contributed by atoms with Crippen LogP contribution in [0.5, 0.6) is 0 Å². The zero-order valence-electron chi connectivity index (χ0n) is 8.49. The predicted octanol–water partition coefficient (Wildman–Crippen LogP) is 2.50. The van der Waals surface area contributed by atoms with Crippen molar-refractivity contribution in [3.05, 3.63) is 29.3 Å². The van der Waals surface area contributed by atoms with Gasteiger partial charge in [0.15, 0.2) is 0 Å². The summed E-state index contributed by atoms with van der Waals surface area (Å²) in [6, 6.07) is 5.02. The van der Waals surface area contributed by atoms with Gasteiger partial charge in [0.1, 0.15) is 4.90 Å². The second kappa shape index (κ2) is 5.87. The van der Waals surface area contributed by atoms with Gasteiger partial charge < -0.3 is 0 Å². The second-order valence-corrected chi connectivity index (χ2v) is 5.37. The third-order valence-electron chi connectivity index (χ3n) is 2.16. The molecule has 0 radical (unpaired) electrons. The van der Waals surface area contributed by atoms with Crippen molar-refractivity contribution in [1.29, 1.82) is 0 Å². The van der Waals surface area contributed by atoms with Crippen molar-refractivity contribution in [3.63, 3.8) is 0 Å². The number of rotatable bonds is 5. The van der Waals surface area contributed by atoms with Gasteiger partial charge in [0.05, 0.1) is 0 Å². The van der Waals surface area contributed by atoms with Gasteiger partial charge in [-0.3, -0.25) is 4.55 Å². The molecule has 0 saturated heterocycles. The van der Waals surface area contributed by atoms with E-state index < -0.39 is 10.1 Å². The highest BCUT2D eigenvalue weighted by molar-refractivity contribution is 7.86. The van der Waals surface area contributed by atoms with Gasteiger partial charge >= 0.3 is 0 Å². The van der Waals surface area contributed by atoms with E-state index in [1.165, 1.54) is 0 Å². The van der Waals surface area contributed by atoms with Crippen LogP contribution in [0, 0.1) is 0 Å². The van der Waals surface area contributed by atoms with Crippen LogP contribution in [0.2, 0.25) is 0 Å². The Kier molecular flexibility index (Phi) is 5.05. The first-order valence-corrected chi connectivity index (χ1v) is 7.21. The van der Waals surface area contributed by atoms with Crippen LogP contribution in [0.3, 0.4) is 0 Å². The number of aryl methyl sites for hydroxylation is 2. The first-order chi connectivity index (χ1) is 7.50. The van der Waals surface area contributed by atoms with Crippen LogP contribution in [-0.2, 0) is 23.0 Å². The van der Waals surface area contributed by atoms with Crippen LogP contribution in [0.25, 0.3) is 0 Å². The van der Waals surface area contributed by atoms with E-state index in [-0.39, 0.29) is 4.90 Å². The summed E-state index contributed by atoms with van der Waals surface area (Å²) in [5.41, 5.74) is 1.06. The van der Waals surface area contributed by atoms with Gasteiger partial charge in [0.2, 0.25) is 0 Å². The Hall–Kier alpha value is -0.290. The summed E-state index contributed by atoms with van der Waals surface area (Å²) in [6.45, 7) is 0. The van der Waals surface area contributed by atoms with Gasteiger partial charge in [0.25, 0.3) is 10.1 Å². The molecule has 16 heavy (non-hydrogen) atoms. The molecule has 0 aliphatic carbocycles. The molecule has 0 fully saturated rings. The van der Waals surface area contributed by atoms with Crippen molar-refractivity contribution in [2.75, 3.05) is 11.8 Å². The number of hydrogen-bond donors (Lipinski definition) is 1. The van der Waals surface area contributed by atoms with E-state index in [9.17, 15) is 13.0 Å². The highest BCUT2D eigenvalue weighted by atomic mass is 35.5. The minimum atomic E-state index is -4.23. The lowest BCUT2D eigenvalue weighted by molar-refractivity contribution is 0.481. The fourth-order valence-corrected chi connectivity index (χ4v) is 2.98. The minimum absolute atomic E-state index is 0.0451. The maximum Gasteiger partial charge on any atom is 0.295 e. The molecule has 1 aromatic rings. The third kappa shape index (κ3) is 3.35. The van der Waals surface area contributed by atoms with Gasteiger partial charge in [-0.1, -0.05) is 18.2 Å². The normalized spacial score (nSPS) is 11.7. The molecule has 1 aromatic carbocycles. The van der Waals surface area contributed by atoms with Gasteiger partial charge in [-0.2, -0.15) is 8.42 Å². The van der Waals surface area contributed by atoms with E-state index in [0.717, 1.165) is 0 Å². The summed E-state index contributed by atoms with van der Waals surface area (Å²) < 4.78 is 31.8. The molecule has 0 unspecified atom stereocenters. The number of halogens is 2. The van der Waals surface area contributed by atoms with Crippen molar-refractivity contribution in [2.24, 2.45) is 0 Å². The maximum absolute atomic E-state index is 11.3. The average Bonchev–Trinajstić information content (AvgIpc) is 2.17. The van der Waals surface area contributed by atoms with Crippen LogP contribution in [-0.4, -0.2) is 24.7 Å². The van der Waals surface area contributed by atoms with E-state index in [1.807, 2.05) is 0 Å². The summed E-state index contributed by atoms with van der Waals surface area (Å²) >= 11 is 11.2. The SMILES string of the molecule is O=S(=O)(O)c1c(CCCl)cccc1CCCl. The first kappa shape index (κ1) is 13.8. The molecule has 0 aromatic heterocycles. The molecule has 1 N–H and O–H groups in total. The van der Waals surface area contributed by atoms with Crippen LogP contribution in [0.1, 0.15) is 11.1 Å². The van der Waals surface area contributed by atoms with E-state index in [1.54, 1.807) is 18.2 Å². The average molecular weight is 283 g/mol. The molecular weight excluding hydrogens is 271 g/mol. The first-order valence-electron chi connectivity index (χ1n) is 4.71. The molecular formula is C10H12Cl2O3S. The molecule has 0 aliphatic rings.